The average Bonchev–Trinajstić information content (AvgIpc) is 2.70. The predicted octanol–water partition coefficient (Wildman–Crippen LogP) is 1.24. The molecule has 0 saturated heterocycles. The molecule has 29 heavy (non-hydrogen) atoms. The zero-order chi connectivity index (χ0) is 21.4. The third-order valence-corrected chi connectivity index (χ3v) is 3.64. The van der Waals surface area contributed by atoms with Crippen molar-refractivity contribution in [1.82, 2.24) is 10.6 Å². The molecule has 3 amide bonds. The van der Waals surface area contributed by atoms with Gasteiger partial charge >= 0.3 is 5.97 Å². The molecule has 2 aromatic rings. The largest absolute Gasteiger partial charge is 0.468 e. The highest BCUT2D eigenvalue weighted by molar-refractivity contribution is 6.00. The number of nitrogens with one attached hydrogen (secondary N) is 3. The van der Waals surface area contributed by atoms with E-state index in [0.717, 1.165) is 12.1 Å². The quantitative estimate of drug-likeness (QED) is 0.600. The molecule has 0 aromatic heterocycles. The number of amides is 3. The summed E-state index contributed by atoms with van der Waals surface area (Å²) < 4.78 is 30.8. The van der Waals surface area contributed by atoms with Gasteiger partial charge in [-0.15, -0.1) is 0 Å². The zero-order valence-corrected chi connectivity index (χ0v) is 15.3. The molecule has 0 radical (unpaired) electrons. The molecule has 0 bridgehead atoms. The second-order valence-corrected chi connectivity index (χ2v) is 5.69. The lowest BCUT2D eigenvalue weighted by atomic mass is 10.2. The van der Waals surface area contributed by atoms with Crippen molar-refractivity contribution in [2.45, 2.75) is 0 Å². The Balaban J connectivity index is 1.85. The summed E-state index contributed by atoms with van der Waals surface area (Å²) in [6.45, 7) is -0.723. The molecule has 8 nitrogen and oxygen atoms in total. The Morgan fingerprint density at radius 3 is 2.17 bits per heavy atom. The molecule has 0 saturated carbocycles. The molecular weight excluding hydrogens is 388 g/mol. The zero-order valence-electron chi connectivity index (χ0n) is 15.3. The van der Waals surface area contributed by atoms with Crippen LogP contribution in [0.15, 0.2) is 42.5 Å². The minimum atomic E-state index is -1.04. The summed E-state index contributed by atoms with van der Waals surface area (Å²) in [5.41, 5.74) is 0.218. The van der Waals surface area contributed by atoms with E-state index >= 15 is 0 Å². The van der Waals surface area contributed by atoms with Crippen LogP contribution in [0, 0.1) is 11.6 Å². The highest BCUT2D eigenvalue weighted by Gasteiger charge is 2.14. The van der Waals surface area contributed by atoms with Crippen molar-refractivity contribution >= 4 is 29.4 Å². The fourth-order valence-corrected chi connectivity index (χ4v) is 2.17. The van der Waals surface area contributed by atoms with Crippen molar-refractivity contribution in [1.29, 1.82) is 0 Å². The first kappa shape index (κ1) is 21.5. The molecule has 0 spiro atoms. The molecule has 0 aliphatic heterocycles. The van der Waals surface area contributed by atoms with Crippen LogP contribution in [0.5, 0.6) is 0 Å². The monoisotopic (exact) mass is 405 g/mol. The molecule has 0 unspecified atom stereocenters. The van der Waals surface area contributed by atoms with Crippen molar-refractivity contribution < 1.29 is 32.7 Å². The summed E-state index contributed by atoms with van der Waals surface area (Å²) in [6.07, 6.45) is 0. The number of carbonyl (C=O) groups is 4. The Kier molecular flexibility index (Phi) is 7.35. The van der Waals surface area contributed by atoms with Gasteiger partial charge in [0.1, 0.15) is 18.2 Å². The smallest absolute Gasteiger partial charge is 0.325 e. The maximum Gasteiger partial charge on any atom is 0.325 e. The third kappa shape index (κ3) is 6.38. The highest BCUT2D eigenvalue weighted by atomic mass is 19.1. The summed E-state index contributed by atoms with van der Waals surface area (Å²) in [5.74, 6) is -4.41. The molecule has 0 atom stereocenters. The van der Waals surface area contributed by atoms with Crippen LogP contribution in [0.3, 0.4) is 0 Å². The molecule has 0 fully saturated rings. The van der Waals surface area contributed by atoms with Crippen molar-refractivity contribution in [2.24, 2.45) is 0 Å². The lowest BCUT2D eigenvalue weighted by molar-refractivity contribution is -0.139. The van der Waals surface area contributed by atoms with Gasteiger partial charge in [0.25, 0.3) is 11.8 Å². The van der Waals surface area contributed by atoms with Crippen LogP contribution in [0.4, 0.5) is 14.5 Å². The van der Waals surface area contributed by atoms with Gasteiger partial charge in [-0.25, -0.2) is 8.78 Å². The SMILES string of the molecule is COC(=O)CNC(=O)c1ccc(NC(=O)CNC(=O)c2ccc(F)cc2F)cc1. The van der Waals surface area contributed by atoms with E-state index in [4.69, 9.17) is 0 Å². The summed E-state index contributed by atoms with van der Waals surface area (Å²) in [7, 11) is 1.20. The van der Waals surface area contributed by atoms with Gasteiger partial charge < -0.3 is 20.7 Å². The first-order valence-corrected chi connectivity index (χ1v) is 8.28. The standard InChI is InChI=1S/C19H17F2N3O5/c1-29-17(26)10-23-18(27)11-2-5-13(6-3-11)24-16(25)9-22-19(28)14-7-4-12(20)8-15(14)21/h2-8H,9-10H2,1H3,(H,22,28)(H,23,27)(H,24,25). The Morgan fingerprint density at radius 2 is 1.55 bits per heavy atom. The number of benzene rings is 2. The number of methoxy groups -OCH3 is 1. The average molecular weight is 405 g/mol. The van der Waals surface area contributed by atoms with Crippen molar-refractivity contribution in [3.63, 3.8) is 0 Å². The molecular formula is C19H17F2N3O5. The number of halogens is 2. The minimum absolute atomic E-state index is 0.256. The van der Waals surface area contributed by atoms with E-state index < -0.39 is 41.9 Å². The van der Waals surface area contributed by atoms with Crippen LogP contribution in [0.2, 0.25) is 0 Å². The molecule has 0 heterocycles. The lowest BCUT2D eigenvalue weighted by Gasteiger charge is -2.09. The van der Waals surface area contributed by atoms with E-state index in [2.05, 4.69) is 20.7 Å². The van der Waals surface area contributed by atoms with Crippen LogP contribution >= 0.6 is 0 Å². The van der Waals surface area contributed by atoms with E-state index in [9.17, 15) is 28.0 Å². The second kappa shape index (κ2) is 9.93. The Morgan fingerprint density at radius 1 is 0.897 bits per heavy atom. The van der Waals surface area contributed by atoms with Crippen LogP contribution in [0.1, 0.15) is 20.7 Å². The molecule has 2 rings (SSSR count). The fourth-order valence-electron chi connectivity index (χ4n) is 2.17. The van der Waals surface area contributed by atoms with Gasteiger partial charge in [0.15, 0.2) is 0 Å². The van der Waals surface area contributed by atoms with E-state index in [-0.39, 0.29) is 17.7 Å². The second-order valence-electron chi connectivity index (χ2n) is 5.69. The van der Waals surface area contributed by atoms with Crippen LogP contribution in [0.25, 0.3) is 0 Å². The summed E-state index contributed by atoms with van der Waals surface area (Å²) in [6, 6.07) is 8.23. The third-order valence-electron chi connectivity index (χ3n) is 3.64. The van der Waals surface area contributed by atoms with Crippen LogP contribution in [-0.4, -0.2) is 43.9 Å². The van der Waals surface area contributed by atoms with E-state index in [1.54, 1.807) is 0 Å². The topological polar surface area (TPSA) is 114 Å². The van der Waals surface area contributed by atoms with Gasteiger partial charge in [-0.05, 0) is 36.4 Å². The van der Waals surface area contributed by atoms with Crippen LogP contribution < -0.4 is 16.0 Å². The number of esters is 1. The molecule has 0 aliphatic carbocycles. The first-order chi connectivity index (χ1) is 13.8. The number of hydrogen-bond acceptors (Lipinski definition) is 5. The number of rotatable bonds is 7. The number of carbonyl (C=O) groups excluding carboxylic acids is 4. The van der Waals surface area contributed by atoms with Crippen molar-refractivity contribution in [3.8, 4) is 0 Å². The maximum absolute atomic E-state index is 13.5. The first-order valence-electron chi connectivity index (χ1n) is 8.28. The molecule has 3 N–H and O–H groups in total. The van der Waals surface area contributed by atoms with Gasteiger partial charge in [-0.2, -0.15) is 0 Å². The van der Waals surface area contributed by atoms with E-state index in [1.807, 2.05) is 0 Å². The lowest BCUT2D eigenvalue weighted by Crippen LogP contribution is -2.33. The van der Waals surface area contributed by atoms with Crippen molar-refractivity contribution in [2.75, 3.05) is 25.5 Å². The van der Waals surface area contributed by atoms with E-state index in [1.165, 1.54) is 31.4 Å². The van der Waals surface area contributed by atoms with Gasteiger partial charge in [-0.1, -0.05) is 0 Å². The van der Waals surface area contributed by atoms with E-state index in [0.29, 0.717) is 11.8 Å². The van der Waals surface area contributed by atoms with Gasteiger partial charge in [0, 0.05) is 17.3 Å². The Bertz CT molecular complexity index is 932. The van der Waals surface area contributed by atoms with Gasteiger partial charge in [0.05, 0.1) is 19.2 Å². The van der Waals surface area contributed by atoms with Gasteiger partial charge in [0.2, 0.25) is 5.91 Å². The maximum atomic E-state index is 13.5. The van der Waals surface area contributed by atoms with Crippen molar-refractivity contribution in [3.05, 3.63) is 65.2 Å². The minimum Gasteiger partial charge on any atom is -0.468 e. The summed E-state index contributed by atoms with van der Waals surface area (Å²) in [4.78, 5) is 46.6. The van der Waals surface area contributed by atoms with Crippen LogP contribution in [-0.2, 0) is 14.3 Å². The molecule has 0 aliphatic rings. The fraction of sp³-hybridized carbons (Fsp3) is 0.158. The predicted molar refractivity (Wildman–Crippen MR) is 98.1 cm³/mol. The number of hydrogen-bond donors (Lipinski definition) is 3. The summed E-state index contributed by atoms with van der Waals surface area (Å²) >= 11 is 0. The number of ether oxygens (including phenoxy) is 1. The number of anilines is 1. The highest BCUT2D eigenvalue weighted by Crippen LogP contribution is 2.10. The molecule has 10 heteroatoms. The molecule has 152 valence electrons. The summed E-state index contributed by atoms with van der Waals surface area (Å²) in [5, 5.41) is 7.07. The Hall–Kier alpha value is -3.82. The Labute approximate surface area is 164 Å². The van der Waals surface area contributed by atoms with Gasteiger partial charge in [-0.3, -0.25) is 19.2 Å². The normalized spacial score (nSPS) is 10.0. The molecule has 2 aromatic carbocycles.